The minimum absolute atomic E-state index is 0.529. The second kappa shape index (κ2) is 12.3. The lowest BCUT2D eigenvalue weighted by molar-refractivity contribution is -0.107. The van der Waals surface area contributed by atoms with Crippen LogP contribution >= 0.6 is 0 Å². The van der Waals surface area contributed by atoms with Gasteiger partial charge in [-0.25, -0.2) is 0 Å². The smallest absolute Gasteiger partial charge is 0.0227 e. The molecule has 0 aromatic rings. The van der Waals surface area contributed by atoms with E-state index in [1.165, 1.54) is 25.7 Å². The summed E-state index contributed by atoms with van der Waals surface area (Å²) < 4.78 is 0. The van der Waals surface area contributed by atoms with Crippen LogP contribution in [0, 0.1) is 105 Å². The molecule has 0 heterocycles. The van der Waals surface area contributed by atoms with Gasteiger partial charge in [-0.3, -0.25) is 0 Å². The Labute approximate surface area is 287 Å². The largest absolute Gasteiger partial charge is 0.0649 e. The summed E-state index contributed by atoms with van der Waals surface area (Å²) in [6, 6.07) is 0. The third-order valence-corrected chi connectivity index (χ3v) is 20.3. The first-order valence-corrected chi connectivity index (χ1v) is 22.2. The van der Waals surface area contributed by atoms with Gasteiger partial charge < -0.3 is 0 Å². The highest BCUT2D eigenvalue weighted by atomic mass is 14.8. The van der Waals surface area contributed by atoms with Crippen LogP contribution in [-0.4, -0.2) is 0 Å². The van der Waals surface area contributed by atoms with E-state index in [2.05, 4.69) is 48.5 Å². The average molecular weight is 631 g/mol. The molecular formula is C46H78. The monoisotopic (exact) mass is 631 g/mol. The van der Waals surface area contributed by atoms with Gasteiger partial charge in [-0.05, 0) is 169 Å². The van der Waals surface area contributed by atoms with Crippen LogP contribution in [0.5, 0.6) is 0 Å². The topological polar surface area (TPSA) is 0 Å². The molecule has 8 aliphatic rings. The molecule has 0 nitrogen and oxygen atoms in total. The summed E-state index contributed by atoms with van der Waals surface area (Å²) in [5.74, 6) is 16.0. The summed E-state index contributed by atoms with van der Waals surface area (Å²) in [6.45, 7) is 18.7. The van der Waals surface area contributed by atoms with Crippen LogP contribution in [0.4, 0.5) is 0 Å². The Morgan fingerprint density at radius 3 is 1.70 bits per heavy atom. The number of hydrogen-bond acceptors (Lipinski definition) is 0. The van der Waals surface area contributed by atoms with Crippen LogP contribution in [0.1, 0.15) is 183 Å². The summed E-state index contributed by atoms with van der Waals surface area (Å²) in [6.07, 6.45) is 32.8. The predicted octanol–water partition coefficient (Wildman–Crippen LogP) is 13.6. The van der Waals surface area contributed by atoms with Crippen LogP contribution in [-0.2, 0) is 0 Å². The molecule has 0 bridgehead atoms. The average Bonchev–Trinajstić information content (AvgIpc) is 3.59. The molecule has 8 fully saturated rings. The Morgan fingerprint density at radius 1 is 0.500 bits per heavy atom. The molecule has 0 N–H and O–H groups in total. The molecule has 15 unspecified atom stereocenters. The molecule has 262 valence electrons. The third kappa shape index (κ3) is 4.89. The quantitative estimate of drug-likeness (QED) is 0.274. The summed E-state index contributed by atoms with van der Waals surface area (Å²) in [5, 5.41) is 0. The molecule has 0 amide bonds. The minimum Gasteiger partial charge on any atom is -0.0649 e. The summed E-state index contributed by atoms with van der Waals surface area (Å²) in [5.41, 5.74) is 1.70. The maximum absolute atomic E-state index is 2.86. The zero-order valence-corrected chi connectivity index (χ0v) is 32.0. The van der Waals surface area contributed by atoms with Gasteiger partial charge in [0, 0.05) is 0 Å². The number of rotatable bonds is 6. The van der Waals surface area contributed by atoms with E-state index in [1.54, 1.807) is 109 Å². The number of hydrogen-bond donors (Lipinski definition) is 0. The number of fused-ring (bicyclic) bond motifs is 12. The van der Waals surface area contributed by atoms with Crippen molar-refractivity contribution in [1.29, 1.82) is 0 Å². The molecule has 8 rings (SSSR count). The molecule has 0 aliphatic heterocycles. The van der Waals surface area contributed by atoms with Crippen molar-refractivity contribution >= 4 is 0 Å². The Bertz CT molecular complexity index is 1030. The van der Waals surface area contributed by atoms with E-state index in [1.807, 2.05) is 0 Å². The van der Waals surface area contributed by atoms with Crippen LogP contribution in [0.15, 0.2) is 0 Å². The minimum atomic E-state index is 0.529. The van der Waals surface area contributed by atoms with E-state index in [0.717, 1.165) is 88.8 Å². The lowest BCUT2D eigenvalue weighted by Gasteiger charge is -2.60. The van der Waals surface area contributed by atoms with Gasteiger partial charge in [0.1, 0.15) is 0 Å². The van der Waals surface area contributed by atoms with E-state index in [9.17, 15) is 0 Å². The molecule has 0 saturated heterocycles. The van der Waals surface area contributed by atoms with Crippen molar-refractivity contribution in [2.24, 2.45) is 105 Å². The lowest BCUT2D eigenvalue weighted by Crippen LogP contribution is -2.52. The van der Waals surface area contributed by atoms with Gasteiger partial charge in [-0.2, -0.15) is 0 Å². The van der Waals surface area contributed by atoms with Crippen LogP contribution in [0.2, 0.25) is 0 Å². The fraction of sp³-hybridized carbons (Fsp3) is 1.00. The van der Waals surface area contributed by atoms with E-state index >= 15 is 0 Å². The molecule has 0 radical (unpaired) electrons. The van der Waals surface area contributed by atoms with Crippen molar-refractivity contribution in [2.75, 3.05) is 0 Å². The Morgan fingerprint density at radius 2 is 1.07 bits per heavy atom. The fourth-order valence-corrected chi connectivity index (χ4v) is 17.4. The van der Waals surface area contributed by atoms with Gasteiger partial charge in [-0.1, -0.05) is 119 Å². The van der Waals surface area contributed by atoms with E-state index < -0.39 is 0 Å². The van der Waals surface area contributed by atoms with Crippen molar-refractivity contribution in [2.45, 2.75) is 183 Å². The van der Waals surface area contributed by atoms with Gasteiger partial charge in [0.25, 0.3) is 0 Å². The molecular weight excluding hydrogens is 553 g/mol. The molecule has 0 heteroatoms. The zero-order chi connectivity index (χ0) is 32.0. The second-order valence-electron chi connectivity index (χ2n) is 21.1. The Hall–Kier alpha value is 0. The van der Waals surface area contributed by atoms with Gasteiger partial charge in [-0.15, -0.1) is 0 Å². The maximum atomic E-state index is 2.86. The van der Waals surface area contributed by atoms with Gasteiger partial charge in [0.15, 0.2) is 0 Å². The van der Waals surface area contributed by atoms with E-state index in [0.29, 0.717) is 16.2 Å². The first-order valence-electron chi connectivity index (χ1n) is 22.2. The molecule has 46 heavy (non-hydrogen) atoms. The molecule has 15 atom stereocenters. The van der Waals surface area contributed by atoms with Crippen LogP contribution in [0.3, 0.4) is 0 Å². The third-order valence-electron chi connectivity index (χ3n) is 20.3. The highest BCUT2D eigenvalue weighted by Crippen LogP contribution is 2.77. The zero-order valence-electron chi connectivity index (χ0n) is 32.0. The van der Waals surface area contributed by atoms with Crippen molar-refractivity contribution in [3.05, 3.63) is 0 Å². The Kier molecular flexibility index (Phi) is 8.90. The Balaban J connectivity index is 1.26. The summed E-state index contributed by atoms with van der Waals surface area (Å²) >= 11 is 0. The fourth-order valence-electron chi connectivity index (χ4n) is 17.4. The standard InChI is InChI=1S/C46H78/c1-8-44(6,9-2)35-26-36(45(7,10-3)11-4)28-46(27-35)39-25-32-18-13-12-17-31(32)24-38(39)42-41-34(22-29(5)43(42)46)23-33-21-20-30-16-14-15-19-37(30)40(33)41/h29-43H,8-28H2,1-7H3. The highest BCUT2D eigenvalue weighted by Gasteiger charge is 2.71. The highest BCUT2D eigenvalue weighted by molar-refractivity contribution is 5.19. The SMILES string of the molecule is CCC(C)(CC)C1CC(C(C)(CC)CC)CC2(C1)C1CC3CCCCC3CC1C1C3C(CC(C)C12)CC1CCC2CCCCC2C13. The molecule has 0 aromatic heterocycles. The van der Waals surface area contributed by atoms with Crippen molar-refractivity contribution in [3.8, 4) is 0 Å². The van der Waals surface area contributed by atoms with E-state index in [-0.39, 0.29) is 0 Å². The summed E-state index contributed by atoms with van der Waals surface area (Å²) in [7, 11) is 0. The van der Waals surface area contributed by atoms with Gasteiger partial charge in [0.05, 0.1) is 0 Å². The molecule has 8 aliphatic carbocycles. The van der Waals surface area contributed by atoms with Gasteiger partial charge in [0.2, 0.25) is 0 Å². The van der Waals surface area contributed by atoms with Crippen LogP contribution < -0.4 is 0 Å². The van der Waals surface area contributed by atoms with Crippen molar-refractivity contribution in [3.63, 3.8) is 0 Å². The summed E-state index contributed by atoms with van der Waals surface area (Å²) in [4.78, 5) is 0. The first kappa shape index (κ1) is 33.2. The van der Waals surface area contributed by atoms with Crippen LogP contribution in [0.25, 0.3) is 0 Å². The maximum Gasteiger partial charge on any atom is -0.0227 e. The molecule has 0 aromatic carbocycles. The van der Waals surface area contributed by atoms with Crippen molar-refractivity contribution < 1.29 is 0 Å². The normalized spacial score (nSPS) is 51.8. The first-order chi connectivity index (χ1) is 22.2. The van der Waals surface area contributed by atoms with Crippen molar-refractivity contribution in [1.82, 2.24) is 0 Å². The van der Waals surface area contributed by atoms with Gasteiger partial charge >= 0.3 is 0 Å². The second-order valence-corrected chi connectivity index (χ2v) is 21.1. The molecule has 1 spiro atoms. The molecule has 8 saturated carbocycles. The predicted molar refractivity (Wildman–Crippen MR) is 196 cm³/mol. The van der Waals surface area contributed by atoms with E-state index in [4.69, 9.17) is 0 Å². The lowest BCUT2D eigenvalue weighted by atomic mass is 9.45.